The second-order valence-electron chi connectivity index (χ2n) is 4.16. The fraction of sp³-hybridized carbons (Fsp3) is 0.636. The minimum atomic E-state index is -0.175. The average molecular weight is 223 g/mol. The molecular formula is C11H17N3O2. The molecule has 2 rings (SSSR count). The van der Waals surface area contributed by atoms with Crippen LogP contribution in [0.4, 0.5) is 5.69 Å². The number of aromatic nitrogens is 2. The monoisotopic (exact) mass is 223 g/mol. The number of hydrogen-bond acceptors (Lipinski definition) is 4. The minimum absolute atomic E-state index is 0.175. The summed E-state index contributed by atoms with van der Waals surface area (Å²) in [6.07, 6.45) is 5.84. The third-order valence-corrected chi connectivity index (χ3v) is 3.07. The molecular weight excluding hydrogens is 206 g/mol. The highest BCUT2D eigenvalue weighted by Crippen LogP contribution is 2.24. The molecule has 16 heavy (non-hydrogen) atoms. The molecule has 1 aromatic rings. The van der Waals surface area contributed by atoms with Gasteiger partial charge < -0.3 is 10.0 Å². The fourth-order valence-corrected chi connectivity index (χ4v) is 2.31. The molecule has 1 fully saturated rings. The molecule has 0 spiro atoms. The topological polar surface area (TPSA) is 69.2 Å². The van der Waals surface area contributed by atoms with Crippen molar-refractivity contribution >= 4 is 5.69 Å². The quantitative estimate of drug-likeness (QED) is 0.783. The van der Waals surface area contributed by atoms with Crippen molar-refractivity contribution in [1.82, 2.24) is 10.2 Å². The van der Waals surface area contributed by atoms with Gasteiger partial charge in [-0.25, -0.2) is 5.10 Å². The van der Waals surface area contributed by atoms with Crippen LogP contribution in [0.3, 0.4) is 0 Å². The molecule has 0 saturated carbocycles. The Morgan fingerprint density at radius 3 is 3.19 bits per heavy atom. The maximum Gasteiger partial charge on any atom is 0.266 e. The van der Waals surface area contributed by atoms with Crippen LogP contribution in [0.5, 0.6) is 0 Å². The van der Waals surface area contributed by atoms with Crippen LogP contribution in [0.15, 0.2) is 17.1 Å². The molecule has 1 saturated heterocycles. The molecule has 88 valence electrons. The fourth-order valence-electron chi connectivity index (χ4n) is 2.31. The zero-order valence-electron chi connectivity index (χ0n) is 9.22. The zero-order chi connectivity index (χ0) is 11.4. The van der Waals surface area contributed by atoms with E-state index in [0.29, 0.717) is 6.04 Å². The van der Waals surface area contributed by atoms with Gasteiger partial charge in [0.05, 0.1) is 11.9 Å². The third kappa shape index (κ3) is 2.41. The first-order valence-electron chi connectivity index (χ1n) is 5.73. The number of H-pyrrole nitrogens is 1. The van der Waals surface area contributed by atoms with Gasteiger partial charge in [0.2, 0.25) is 0 Å². The van der Waals surface area contributed by atoms with E-state index in [2.05, 4.69) is 15.1 Å². The molecule has 2 N–H and O–H groups in total. The first kappa shape index (κ1) is 11.1. The highest BCUT2D eigenvalue weighted by Gasteiger charge is 2.22. The number of aliphatic hydroxyl groups excluding tert-OH is 1. The van der Waals surface area contributed by atoms with Crippen molar-refractivity contribution in [1.29, 1.82) is 0 Å². The van der Waals surface area contributed by atoms with Gasteiger partial charge in [-0.1, -0.05) is 0 Å². The van der Waals surface area contributed by atoms with Crippen molar-refractivity contribution < 1.29 is 5.11 Å². The summed E-state index contributed by atoms with van der Waals surface area (Å²) in [6, 6.07) is 1.91. The lowest BCUT2D eigenvalue weighted by atomic mass is 9.99. The van der Waals surface area contributed by atoms with Gasteiger partial charge >= 0.3 is 0 Å². The van der Waals surface area contributed by atoms with Crippen LogP contribution in [0.1, 0.15) is 25.7 Å². The number of aromatic amines is 1. The number of nitrogens with zero attached hydrogens (tertiary/aromatic N) is 2. The van der Waals surface area contributed by atoms with Gasteiger partial charge in [-0.3, -0.25) is 4.79 Å². The lowest BCUT2D eigenvalue weighted by molar-refractivity contribution is 0.262. The molecule has 5 heteroatoms. The molecule has 0 aliphatic carbocycles. The van der Waals surface area contributed by atoms with E-state index in [1.165, 1.54) is 6.42 Å². The van der Waals surface area contributed by atoms with E-state index < -0.39 is 0 Å². The van der Waals surface area contributed by atoms with Gasteiger partial charge in [0.15, 0.2) is 0 Å². The number of hydrogen-bond donors (Lipinski definition) is 2. The van der Waals surface area contributed by atoms with E-state index in [1.807, 2.05) is 0 Å². The van der Waals surface area contributed by atoms with Gasteiger partial charge in [-0.15, -0.1) is 0 Å². The van der Waals surface area contributed by atoms with Gasteiger partial charge in [-0.2, -0.15) is 5.10 Å². The summed E-state index contributed by atoms with van der Waals surface area (Å²) < 4.78 is 0. The van der Waals surface area contributed by atoms with Crippen LogP contribution in [0.2, 0.25) is 0 Å². The average Bonchev–Trinajstić information content (AvgIpc) is 2.30. The van der Waals surface area contributed by atoms with Crippen molar-refractivity contribution in [3.05, 3.63) is 22.6 Å². The lowest BCUT2D eigenvalue weighted by Gasteiger charge is -2.36. The number of piperidine rings is 1. The first-order chi connectivity index (χ1) is 7.81. The zero-order valence-corrected chi connectivity index (χ0v) is 9.22. The Labute approximate surface area is 94.1 Å². The molecule has 1 unspecified atom stereocenters. The summed E-state index contributed by atoms with van der Waals surface area (Å²) in [5.41, 5.74) is 0.688. The predicted molar refractivity (Wildman–Crippen MR) is 61.5 cm³/mol. The maximum absolute atomic E-state index is 11.2. The molecule has 0 bridgehead atoms. The normalized spacial score (nSPS) is 21.1. The summed E-state index contributed by atoms with van der Waals surface area (Å²) in [5, 5.41) is 15.2. The Balaban J connectivity index is 2.19. The molecule has 5 nitrogen and oxygen atoms in total. The number of aliphatic hydroxyl groups is 1. The van der Waals surface area contributed by atoms with Gasteiger partial charge in [0, 0.05) is 25.3 Å². The molecule has 0 amide bonds. The van der Waals surface area contributed by atoms with Crippen LogP contribution >= 0.6 is 0 Å². The van der Waals surface area contributed by atoms with E-state index in [0.717, 1.165) is 31.5 Å². The van der Waals surface area contributed by atoms with Crippen molar-refractivity contribution in [2.24, 2.45) is 0 Å². The minimum Gasteiger partial charge on any atom is -0.396 e. The summed E-state index contributed by atoms with van der Waals surface area (Å²) in [4.78, 5) is 13.4. The summed E-state index contributed by atoms with van der Waals surface area (Å²) in [6.45, 7) is 1.13. The van der Waals surface area contributed by atoms with Gasteiger partial charge in [0.25, 0.3) is 5.56 Å². The Kier molecular flexibility index (Phi) is 3.56. The van der Waals surface area contributed by atoms with E-state index in [4.69, 9.17) is 5.11 Å². The largest absolute Gasteiger partial charge is 0.396 e. The Morgan fingerprint density at radius 1 is 1.56 bits per heavy atom. The maximum atomic E-state index is 11.2. The van der Waals surface area contributed by atoms with E-state index in [9.17, 15) is 4.79 Å². The van der Waals surface area contributed by atoms with Crippen molar-refractivity contribution in [3.63, 3.8) is 0 Å². The Hall–Kier alpha value is -1.36. The molecule has 1 aliphatic heterocycles. The van der Waals surface area contributed by atoms with Crippen molar-refractivity contribution in [3.8, 4) is 0 Å². The first-order valence-corrected chi connectivity index (χ1v) is 5.73. The van der Waals surface area contributed by atoms with E-state index in [1.54, 1.807) is 12.3 Å². The van der Waals surface area contributed by atoms with Crippen LogP contribution in [0, 0.1) is 0 Å². The van der Waals surface area contributed by atoms with Gasteiger partial charge in [0.1, 0.15) is 0 Å². The van der Waals surface area contributed by atoms with Crippen molar-refractivity contribution in [2.45, 2.75) is 31.7 Å². The second-order valence-corrected chi connectivity index (χ2v) is 4.16. The Bertz CT molecular complexity index is 389. The molecule has 1 atom stereocenters. The SMILES string of the molecule is O=c1cc(N2CCCCC2CCO)cn[nH]1. The van der Waals surface area contributed by atoms with Crippen LogP contribution in [0.25, 0.3) is 0 Å². The van der Waals surface area contributed by atoms with Crippen LogP contribution in [-0.4, -0.2) is 34.5 Å². The van der Waals surface area contributed by atoms with Gasteiger partial charge in [-0.05, 0) is 25.7 Å². The number of rotatable bonds is 3. The van der Waals surface area contributed by atoms with E-state index >= 15 is 0 Å². The summed E-state index contributed by atoms with van der Waals surface area (Å²) in [5.74, 6) is 0. The highest BCUT2D eigenvalue weighted by atomic mass is 16.3. The summed E-state index contributed by atoms with van der Waals surface area (Å²) in [7, 11) is 0. The standard InChI is InChI=1S/C11H17N3O2/c15-6-4-9-3-1-2-5-14(9)10-7-11(16)13-12-8-10/h7-9,15H,1-6H2,(H,13,16). The Morgan fingerprint density at radius 2 is 2.44 bits per heavy atom. The predicted octanol–water partition coefficient (Wildman–Crippen LogP) is 0.511. The third-order valence-electron chi connectivity index (χ3n) is 3.07. The lowest BCUT2D eigenvalue weighted by Crippen LogP contribution is -2.40. The van der Waals surface area contributed by atoms with Crippen LogP contribution in [-0.2, 0) is 0 Å². The number of anilines is 1. The van der Waals surface area contributed by atoms with Crippen LogP contribution < -0.4 is 10.5 Å². The molecule has 2 heterocycles. The molecule has 1 aliphatic rings. The van der Waals surface area contributed by atoms with Crippen molar-refractivity contribution in [2.75, 3.05) is 18.1 Å². The molecule has 0 radical (unpaired) electrons. The highest BCUT2D eigenvalue weighted by molar-refractivity contribution is 5.44. The number of nitrogens with one attached hydrogen (secondary N) is 1. The second kappa shape index (κ2) is 5.12. The molecule has 1 aromatic heterocycles. The smallest absolute Gasteiger partial charge is 0.266 e. The van der Waals surface area contributed by atoms with E-state index in [-0.39, 0.29) is 12.2 Å². The summed E-state index contributed by atoms with van der Waals surface area (Å²) >= 11 is 0. The molecule has 0 aromatic carbocycles.